The molecule has 0 radical (unpaired) electrons. The Morgan fingerprint density at radius 2 is 2.26 bits per heavy atom. The average Bonchev–Trinajstić information content (AvgIpc) is 2.77. The summed E-state index contributed by atoms with van der Waals surface area (Å²) >= 11 is 1.19. The molecule has 2 rings (SSSR count). The number of hydrazone groups is 1. The van der Waals surface area contributed by atoms with Gasteiger partial charge in [-0.15, -0.1) is 10.2 Å². The number of hydrogen-bond acceptors (Lipinski definition) is 6. The van der Waals surface area contributed by atoms with Crippen LogP contribution in [0.25, 0.3) is 0 Å². The van der Waals surface area contributed by atoms with E-state index in [4.69, 9.17) is 5.73 Å². The first-order chi connectivity index (χ1) is 9.15. The molecule has 0 spiro atoms. The van der Waals surface area contributed by atoms with Gasteiger partial charge in [0.25, 0.3) is 0 Å². The molecule has 98 valence electrons. The summed E-state index contributed by atoms with van der Waals surface area (Å²) in [6.45, 7) is 1.98. The number of carbonyl (C=O) groups is 1. The highest BCUT2D eigenvalue weighted by molar-refractivity contribution is 7.15. The van der Waals surface area contributed by atoms with Crippen molar-refractivity contribution in [1.82, 2.24) is 15.6 Å². The van der Waals surface area contributed by atoms with Crippen LogP contribution in [-0.2, 0) is 11.2 Å². The van der Waals surface area contributed by atoms with E-state index in [0.717, 1.165) is 11.1 Å². The minimum Gasteiger partial charge on any atom is -0.374 e. The zero-order valence-electron chi connectivity index (χ0n) is 10.3. The van der Waals surface area contributed by atoms with Crippen LogP contribution < -0.4 is 11.2 Å². The van der Waals surface area contributed by atoms with Gasteiger partial charge in [-0.25, -0.2) is 5.43 Å². The van der Waals surface area contributed by atoms with Gasteiger partial charge < -0.3 is 5.73 Å². The maximum atomic E-state index is 11.6. The van der Waals surface area contributed by atoms with Crippen LogP contribution in [0, 0.1) is 6.92 Å². The fourth-order valence-corrected chi connectivity index (χ4v) is 2.03. The van der Waals surface area contributed by atoms with Crippen molar-refractivity contribution in [2.45, 2.75) is 13.3 Å². The Hall–Kier alpha value is -2.28. The van der Waals surface area contributed by atoms with Gasteiger partial charge in [-0.2, -0.15) is 5.10 Å². The lowest BCUT2D eigenvalue weighted by atomic mass is 10.1. The third-order valence-corrected chi connectivity index (χ3v) is 3.13. The second kappa shape index (κ2) is 6.05. The SMILES string of the molecule is Cc1ccccc1/C=N\NC(=O)Cc1nnc(N)s1. The summed E-state index contributed by atoms with van der Waals surface area (Å²) in [6, 6.07) is 7.77. The van der Waals surface area contributed by atoms with Crippen LogP contribution in [0.1, 0.15) is 16.1 Å². The Morgan fingerprint density at radius 1 is 1.47 bits per heavy atom. The molecule has 7 heteroatoms. The number of amides is 1. The summed E-state index contributed by atoms with van der Waals surface area (Å²) in [6.07, 6.45) is 1.74. The molecule has 0 saturated heterocycles. The van der Waals surface area contributed by atoms with E-state index in [-0.39, 0.29) is 12.3 Å². The van der Waals surface area contributed by atoms with Gasteiger partial charge in [0.05, 0.1) is 12.6 Å². The van der Waals surface area contributed by atoms with Crippen LogP contribution in [0.3, 0.4) is 0 Å². The molecule has 0 bridgehead atoms. The zero-order chi connectivity index (χ0) is 13.7. The smallest absolute Gasteiger partial charge is 0.247 e. The van der Waals surface area contributed by atoms with Crippen molar-refractivity contribution in [3.05, 3.63) is 40.4 Å². The first kappa shape index (κ1) is 13.2. The van der Waals surface area contributed by atoms with Crippen LogP contribution in [0.2, 0.25) is 0 Å². The lowest BCUT2D eigenvalue weighted by molar-refractivity contribution is -0.120. The topological polar surface area (TPSA) is 93.3 Å². The number of aromatic nitrogens is 2. The molecule has 1 heterocycles. The van der Waals surface area contributed by atoms with Crippen LogP contribution >= 0.6 is 11.3 Å². The number of anilines is 1. The summed E-state index contributed by atoms with van der Waals surface area (Å²) < 4.78 is 0. The standard InChI is InChI=1S/C12H13N5OS/c1-8-4-2-3-5-9(8)7-14-15-10(18)6-11-16-17-12(13)19-11/h2-5,7H,6H2,1H3,(H2,13,17)(H,15,18)/b14-7-. The Morgan fingerprint density at radius 3 is 2.95 bits per heavy atom. The molecule has 3 N–H and O–H groups in total. The summed E-state index contributed by atoms with van der Waals surface area (Å²) in [4.78, 5) is 11.6. The van der Waals surface area contributed by atoms with Crippen LogP contribution in [0.5, 0.6) is 0 Å². The third kappa shape index (κ3) is 3.85. The van der Waals surface area contributed by atoms with E-state index >= 15 is 0 Å². The molecule has 1 amide bonds. The van der Waals surface area contributed by atoms with Crippen molar-refractivity contribution in [1.29, 1.82) is 0 Å². The van der Waals surface area contributed by atoms with Crippen molar-refractivity contribution in [3.63, 3.8) is 0 Å². The Kier molecular flexibility index (Phi) is 4.19. The Bertz CT molecular complexity index is 608. The Labute approximate surface area is 114 Å². The predicted octanol–water partition coefficient (Wildman–Crippen LogP) is 1.12. The van der Waals surface area contributed by atoms with Gasteiger partial charge in [0.2, 0.25) is 11.0 Å². The molecule has 6 nitrogen and oxygen atoms in total. The minimum absolute atomic E-state index is 0.125. The summed E-state index contributed by atoms with van der Waals surface area (Å²) in [5, 5.41) is 12.2. The second-order valence-electron chi connectivity index (χ2n) is 3.86. The van der Waals surface area contributed by atoms with E-state index in [9.17, 15) is 4.79 Å². The molecule has 1 aromatic carbocycles. The third-order valence-electron chi connectivity index (χ3n) is 2.38. The number of carbonyl (C=O) groups excluding carboxylic acids is 1. The van der Waals surface area contributed by atoms with Crippen molar-refractivity contribution in [2.24, 2.45) is 5.10 Å². The number of aryl methyl sites for hydroxylation is 1. The van der Waals surface area contributed by atoms with Gasteiger partial charge in [-0.1, -0.05) is 35.6 Å². The van der Waals surface area contributed by atoms with Crippen molar-refractivity contribution in [3.8, 4) is 0 Å². The average molecular weight is 275 g/mol. The first-order valence-electron chi connectivity index (χ1n) is 5.60. The predicted molar refractivity (Wildman–Crippen MR) is 74.9 cm³/mol. The lowest BCUT2D eigenvalue weighted by Gasteiger charge is -1.99. The fraction of sp³-hybridized carbons (Fsp3) is 0.167. The number of benzene rings is 1. The molecular weight excluding hydrogens is 262 g/mol. The number of nitrogen functional groups attached to an aromatic ring is 1. The van der Waals surface area contributed by atoms with Gasteiger partial charge in [-0.3, -0.25) is 4.79 Å². The van der Waals surface area contributed by atoms with Gasteiger partial charge in [0.1, 0.15) is 5.01 Å². The Balaban J connectivity index is 1.88. The number of nitrogens with two attached hydrogens (primary N) is 1. The van der Waals surface area contributed by atoms with E-state index in [1.165, 1.54) is 11.3 Å². The normalized spacial score (nSPS) is 10.8. The molecule has 19 heavy (non-hydrogen) atoms. The molecule has 0 unspecified atom stereocenters. The van der Waals surface area contributed by atoms with E-state index in [2.05, 4.69) is 20.7 Å². The van der Waals surface area contributed by atoms with Crippen LogP contribution in [0.15, 0.2) is 29.4 Å². The summed E-state index contributed by atoms with van der Waals surface area (Å²) in [5.74, 6) is -0.249. The van der Waals surface area contributed by atoms with Crippen molar-refractivity contribution < 1.29 is 4.79 Å². The van der Waals surface area contributed by atoms with Crippen molar-refractivity contribution in [2.75, 3.05) is 5.73 Å². The van der Waals surface area contributed by atoms with Gasteiger partial charge >= 0.3 is 0 Å². The second-order valence-corrected chi connectivity index (χ2v) is 4.95. The largest absolute Gasteiger partial charge is 0.374 e. The number of hydrogen-bond donors (Lipinski definition) is 2. The van der Waals surface area contributed by atoms with Gasteiger partial charge in [0, 0.05) is 0 Å². The lowest BCUT2D eigenvalue weighted by Crippen LogP contribution is -2.19. The monoisotopic (exact) mass is 275 g/mol. The molecule has 0 fully saturated rings. The highest BCUT2D eigenvalue weighted by Gasteiger charge is 2.06. The molecular formula is C12H13N5OS. The molecule has 0 aliphatic heterocycles. The molecule has 0 aliphatic carbocycles. The minimum atomic E-state index is -0.249. The fourth-order valence-electron chi connectivity index (χ4n) is 1.42. The van der Waals surface area contributed by atoms with Gasteiger partial charge in [0.15, 0.2) is 0 Å². The first-order valence-corrected chi connectivity index (χ1v) is 6.42. The highest BCUT2D eigenvalue weighted by Crippen LogP contribution is 2.11. The van der Waals surface area contributed by atoms with Crippen LogP contribution in [0.4, 0.5) is 5.13 Å². The van der Waals surface area contributed by atoms with Crippen LogP contribution in [-0.4, -0.2) is 22.3 Å². The maximum Gasteiger partial charge on any atom is 0.247 e. The molecule has 0 atom stereocenters. The van der Waals surface area contributed by atoms with E-state index < -0.39 is 0 Å². The van der Waals surface area contributed by atoms with Crippen molar-refractivity contribution >= 4 is 28.6 Å². The molecule has 0 aliphatic rings. The highest BCUT2D eigenvalue weighted by atomic mass is 32.1. The number of nitrogens with one attached hydrogen (secondary N) is 1. The summed E-state index contributed by atoms with van der Waals surface area (Å²) in [7, 11) is 0. The number of nitrogens with zero attached hydrogens (tertiary/aromatic N) is 3. The molecule has 1 aromatic heterocycles. The van der Waals surface area contributed by atoms with E-state index in [0.29, 0.717) is 10.1 Å². The van der Waals surface area contributed by atoms with Gasteiger partial charge in [-0.05, 0) is 18.1 Å². The number of rotatable bonds is 4. The molecule has 0 saturated carbocycles. The maximum absolute atomic E-state index is 11.6. The quantitative estimate of drug-likeness (QED) is 0.646. The van der Waals surface area contributed by atoms with E-state index in [1.807, 2.05) is 31.2 Å². The molecule has 2 aromatic rings. The van der Waals surface area contributed by atoms with E-state index in [1.54, 1.807) is 6.21 Å². The zero-order valence-corrected chi connectivity index (χ0v) is 11.1. The summed E-state index contributed by atoms with van der Waals surface area (Å²) in [5.41, 5.74) is 9.93.